The molecule has 4 heteroatoms. The van der Waals surface area contributed by atoms with Gasteiger partial charge >= 0.3 is 0 Å². The van der Waals surface area contributed by atoms with Crippen molar-refractivity contribution >= 4 is 5.91 Å². The molecule has 0 radical (unpaired) electrons. The van der Waals surface area contributed by atoms with Gasteiger partial charge in [0.25, 0.3) is 5.91 Å². The zero-order chi connectivity index (χ0) is 19.9. The van der Waals surface area contributed by atoms with E-state index in [2.05, 4.69) is 30.0 Å². The van der Waals surface area contributed by atoms with Gasteiger partial charge in [-0.2, -0.15) is 0 Å². The number of likely N-dealkylation sites (N-methyl/N-ethyl adjacent to an activating group) is 2. The first-order chi connectivity index (χ1) is 13.3. The van der Waals surface area contributed by atoms with Crippen molar-refractivity contribution in [3.8, 4) is 5.75 Å². The Balaban J connectivity index is 1.39. The molecule has 4 aliphatic rings. The van der Waals surface area contributed by atoms with E-state index in [1.807, 2.05) is 21.1 Å². The lowest BCUT2D eigenvalue weighted by molar-refractivity contribution is -0.132. The van der Waals surface area contributed by atoms with E-state index in [0.717, 1.165) is 42.2 Å². The normalized spacial score (nSPS) is 30.7. The van der Waals surface area contributed by atoms with Crippen molar-refractivity contribution in [3.05, 3.63) is 29.3 Å². The smallest absolute Gasteiger partial charge is 0.260 e. The lowest BCUT2D eigenvalue weighted by Crippen LogP contribution is -2.48. The summed E-state index contributed by atoms with van der Waals surface area (Å²) >= 11 is 0. The van der Waals surface area contributed by atoms with Gasteiger partial charge in [-0.15, -0.1) is 0 Å². The molecule has 4 fully saturated rings. The molecule has 4 aliphatic carbocycles. The van der Waals surface area contributed by atoms with Crippen molar-refractivity contribution in [1.82, 2.24) is 9.80 Å². The molecule has 1 aromatic carbocycles. The molecule has 0 aromatic heterocycles. The average Bonchev–Trinajstić information content (AvgIpc) is 2.63. The Hall–Kier alpha value is -1.55. The van der Waals surface area contributed by atoms with Crippen LogP contribution in [-0.4, -0.2) is 56.5 Å². The predicted octanol–water partition coefficient (Wildman–Crippen LogP) is 3.86. The Kier molecular flexibility index (Phi) is 5.43. The van der Waals surface area contributed by atoms with Crippen molar-refractivity contribution in [1.29, 1.82) is 0 Å². The topological polar surface area (TPSA) is 32.8 Å². The fraction of sp³-hybridized carbons (Fsp3) is 0.708. The van der Waals surface area contributed by atoms with Crippen LogP contribution in [-0.2, 0) is 10.2 Å². The zero-order valence-electron chi connectivity index (χ0n) is 18.0. The fourth-order valence-electron chi connectivity index (χ4n) is 6.33. The van der Waals surface area contributed by atoms with E-state index in [1.165, 1.54) is 44.1 Å². The molecule has 4 nitrogen and oxygen atoms in total. The highest BCUT2D eigenvalue weighted by Crippen LogP contribution is 2.60. The van der Waals surface area contributed by atoms with Gasteiger partial charge in [0, 0.05) is 20.1 Å². The molecular formula is C24H36N2O2. The van der Waals surface area contributed by atoms with Gasteiger partial charge in [0.2, 0.25) is 0 Å². The Morgan fingerprint density at radius 1 is 1.04 bits per heavy atom. The van der Waals surface area contributed by atoms with Gasteiger partial charge < -0.3 is 14.5 Å². The maximum Gasteiger partial charge on any atom is 0.260 e. The van der Waals surface area contributed by atoms with Gasteiger partial charge in [0.15, 0.2) is 6.61 Å². The summed E-state index contributed by atoms with van der Waals surface area (Å²) in [6.45, 7) is 3.82. The van der Waals surface area contributed by atoms with Gasteiger partial charge in [-0.05, 0) is 99.9 Å². The molecular weight excluding hydrogens is 348 g/mol. The number of hydrogen-bond donors (Lipinski definition) is 0. The molecule has 4 saturated carbocycles. The number of rotatable bonds is 7. The van der Waals surface area contributed by atoms with E-state index in [9.17, 15) is 4.79 Å². The number of carbonyl (C=O) groups excluding carboxylic acids is 1. The number of nitrogens with zero attached hydrogens (tertiary/aromatic N) is 2. The minimum absolute atomic E-state index is 0.0337. The first kappa shape index (κ1) is 19.8. The third kappa shape index (κ3) is 3.94. The quantitative estimate of drug-likeness (QED) is 0.716. The van der Waals surface area contributed by atoms with E-state index < -0.39 is 0 Å². The summed E-state index contributed by atoms with van der Waals surface area (Å²) < 4.78 is 5.90. The molecule has 0 N–H and O–H groups in total. The Labute approximate surface area is 170 Å². The van der Waals surface area contributed by atoms with Crippen molar-refractivity contribution in [3.63, 3.8) is 0 Å². The summed E-state index contributed by atoms with van der Waals surface area (Å²) in [6, 6.07) is 6.74. The minimum Gasteiger partial charge on any atom is -0.484 e. The maximum absolute atomic E-state index is 12.3. The first-order valence-electron chi connectivity index (χ1n) is 11.0. The fourth-order valence-corrected chi connectivity index (χ4v) is 6.33. The molecule has 0 aliphatic heterocycles. The highest BCUT2D eigenvalue weighted by atomic mass is 16.5. The number of aryl methyl sites for hydroxylation is 1. The second kappa shape index (κ2) is 7.70. The summed E-state index contributed by atoms with van der Waals surface area (Å²) in [4.78, 5) is 16.1. The van der Waals surface area contributed by atoms with Gasteiger partial charge in [-0.3, -0.25) is 4.79 Å². The first-order valence-corrected chi connectivity index (χ1v) is 11.0. The highest BCUT2D eigenvalue weighted by Gasteiger charge is 2.51. The summed E-state index contributed by atoms with van der Waals surface area (Å²) in [5, 5.41) is 0. The number of benzene rings is 1. The Morgan fingerprint density at radius 2 is 1.64 bits per heavy atom. The van der Waals surface area contributed by atoms with Crippen LogP contribution in [0.4, 0.5) is 0 Å². The standard InChI is InChI=1S/C24H36N2O2/c1-17-9-21(24-13-18-10-19(14-24)12-20(11-18)15-24)5-6-22(17)28-16-23(27)26(4)8-7-25(2)3/h5-6,9,18-20H,7-8,10-16H2,1-4H3. The summed E-state index contributed by atoms with van der Waals surface area (Å²) in [7, 11) is 5.88. The molecule has 0 saturated heterocycles. The van der Waals surface area contributed by atoms with Crippen LogP contribution in [0.25, 0.3) is 0 Å². The van der Waals surface area contributed by atoms with E-state index in [4.69, 9.17) is 4.74 Å². The lowest BCUT2D eigenvalue weighted by atomic mass is 9.48. The van der Waals surface area contributed by atoms with E-state index in [1.54, 1.807) is 4.90 Å². The predicted molar refractivity (Wildman–Crippen MR) is 113 cm³/mol. The van der Waals surface area contributed by atoms with Gasteiger partial charge in [-0.1, -0.05) is 12.1 Å². The molecule has 0 atom stereocenters. The maximum atomic E-state index is 12.3. The monoisotopic (exact) mass is 384 g/mol. The van der Waals surface area contributed by atoms with E-state index in [0.29, 0.717) is 5.41 Å². The SMILES string of the molecule is Cc1cc(C23CC4CC(CC(C4)C2)C3)ccc1OCC(=O)N(C)CCN(C)C. The molecule has 0 heterocycles. The number of ether oxygens (including phenoxy) is 1. The molecule has 1 amide bonds. The summed E-state index contributed by atoms with van der Waals surface area (Å²) in [5.41, 5.74) is 3.10. The van der Waals surface area contributed by atoms with Crippen molar-refractivity contribution in [2.45, 2.75) is 50.9 Å². The molecule has 0 spiro atoms. The van der Waals surface area contributed by atoms with Crippen LogP contribution in [0.1, 0.15) is 49.7 Å². The molecule has 5 rings (SSSR count). The van der Waals surface area contributed by atoms with Crippen LogP contribution < -0.4 is 4.74 Å². The van der Waals surface area contributed by atoms with Gasteiger partial charge in [0.05, 0.1) is 0 Å². The third-order valence-electron chi connectivity index (χ3n) is 7.49. The molecule has 154 valence electrons. The Morgan fingerprint density at radius 3 is 2.18 bits per heavy atom. The van der Waals surface area contributed by atoms with Crippen molar-refractivity contribution in [2.75, 3.05) is 40.8 Å². The Bertz CT molecular complexity index is 692. The van der Waals surface area contributed by atoms with Crippen molar-refractivity contribution < 1.29 is 9.53 Å². The van der Waals surface area contributed by atoms with Crippen LogP contribution in [0.15, 0.2) is 18.2 Å². The number of amides is 1. The van der Waals surface area contributed by atoms with Crippen LogP contribution >= 0.6 is 0 Å². The average molecular weight is 385 g/mol. The molecule has 28 heavy (non-hydrogen) atoms. The zero-order valence-corrected chi connectivity index (χ0v) is 18.0. The number of hydrogen-bond acceptors (Lipinski definition) is 3. The number of carbonyl (C=O) groups is 1. The van der Waals surface area contributed by atoms with E-state index >= 15 is 0 Å². The third-order valence-corrected chi connectivity index (χ3v) is 7.49. The van der Waals surface area contributed by atoms with Crippen LogP contribution in [0.2, 0.25) is 0 Å². The van der Waals surface area contributed by atoms with Crippen LogP contribution in [0.5, 0.6) is 5.75 Å². The molecule has 1 aromatic rings. The largest absolute Gasteiger partial charge is 0.484 e. The van der Waals surface area contributed by atoms with Gasteiger partial charge in [0.1, 0.15) is 5.75 Å². The van der Waals surface area contributed by atoms with Crippen LogP contribution in [0.3, 0.4) is 0 Å². The second-order valence-corrected chi connectivity index (χ2v) is 10.1. The summed E-state index contributed by atoms with van der Waals surface area (Å²) in [5.74, 6) is 3.75. The van der Waals surface area contributed by atoms with Crippen LogP contribution in [0, 0.1) is 24.7 Å². The second-order valence-electron chi connectivity index (χ2n) is 10.1. The highest BCUT2D eigenvalue weighted by molar-refractivity contribution is 5.77. The minimum atomic E-state index is 0.0337. The molecule has 0 unspecified atom stereocenters. The molecule has 4 bridgehead atoms. The lowest BCUT2D eigenvalue weighted by Gasteiger charge is -2.57. The van der Waals surface area contributed by atoms with Crippen molar-refractivity contribution in [2.24, 2.45) is 17.8 Å². The van der Waals surface area contributed by atoms with E-state index in [-0.39, 0.29) is 12.5 Å². The summed E-state index contributed by atoms with van der Waals surface area (Å²) in [6.07, 6.45) is 8.57. The van der Waals surface area contributed by atoms with Gasteiger partial charge in [-0.25, -0.2) is 0 Å².